The molecule has 174 valence electrons. The number of hydrogen-bond donors (Lipinski definition) is 1. The highest BCUT2D eigenvalue weighted by atomic mass is 35.5. The van der Waals surface area contributed by atoms with Gasteiger partial charge in [0.15, 0.2) is 16.7 Å². The highest BCUT2D eigenvalue weighted by Gasteiger charge is 2.29. The lowest BCUT2D eigenvalue weighted by Gasteiger charge is -2.21. The molecular formula is C25H24ClFN6O. The molecule has 1 atom stereocenters. The molecule has 4 aromatic rings. The van der Waals surface area contributed by atoms with Crippen LogP contribution >= 0.6 is 11.6 Å². The molecule has 0 radical (unpaired) electrons. The number of nitrogens with zero attached hydrogens (tertiary/aromatic N) is 5. The molecule has 0 spiro atoms. The fourth-order valence-corrected chi connectivity index (χ4v) is 4.98. The molecule has 0 unspecified atom stereocenters. The first-order valence-corrected chi connectivity index (χ1v) is 11.7. The van der Waals surface area contributed by atoms with Crippen LogP contribution in [0.4, 0.5) is 10.2 Å². The molecule has 1 aromatic carbocycles. The largest absolute Gasteiger partial charge is 0.482 e. The van der Waals surface area contributed by atoms with Crippen molar-refractivity contribution in [1.82, 2.24) is 24.5 Å². The molecule has 1 fully saturated rings. The van der Waals surface area contributed by atoms with Gasteiger partial charge >= 0.3 is 0 Å². The second kappa shape index (κ2) is 7.84. The first kappa shape index (κ1) is 21.2. The van der Waals surface area contributed by atoms with Crippen LogP contribution in [0.5, 0.6) is 5.75 Å². The van der Waals surface area contributed by atoms with Crippen molar-refractivity contribution in [2.75, 3.05) is 5.73 Å². The number of anilines is 1. The molecule has 2 aliphatic rings. The second-order valence-corrected chi connectivity index (χ2v) is 9.54. The molecule has 34 heavy (non-hydrogen) atoms. The van der Waals surface area contributed by atoms with Gasteiger partial charge in [0, 0.05) is 54.7 Å². The van der Waals surface area contributed by atoms with E-state index in [4.69, 9.17) is 27.2 Å². The smallest absolute Gasteiger partial charge is 0.166 e. The average Bonchev–Trinajstić information content (AvgIpc) is 3.46. The lowest BCUT2D eigenvalue weighted by molar-refractivity contribution is 0.228. The Balaban J connectivity index is 1.62. The molecular weight excluding hydrogens is 455 g/mol. The monoisotopic (exact) mass is 478 g/mol. The summed E-state index contributed by atoms with van der Waals surface area (Å²) < 4.78 is 24.3. The van der Waals surface area contributed by atoms with E-state index in [0.717, 1.165) is 40.2 Å². The summed E-state index contributed by atoms with van der Waals surface area (Å²) in [7, 11) is 1.88. The summed E-state index contributed by atoms with van der Waals surface area (Å²) in [4.78, 5) is 4.40. The van der Waals surface area contributed by atoms with Crippen LogP contribution in [0.3, 0.4) is 0 Å². The molecule has 4 heterocycles. The van der Waals surface area contributed by atoms with E-state index >= 15 is 0 Å². The van der Waals surface area contributed by atoms with E-state index in [-0.39, 0.29) is 11.6 Å². The third-order valence-electron chi connectivity index (χ3n) is 6.58. The number of nitrogen functional groups attached to an aromatic ring is 1. The summed E-state index contributed by atoms with van der Waals surface area (Å²) in [6.07, 6.45) is 6.05. The number of aryl methyl sites for hydroxylation is 1. The topological polar surface area (TPSA) is 83.8 Å². The van der Waals surface area contributed by atoms with Crippen molar-refractivity contribution in [2.24, 2.45) is 13.0 Å². The second-order valence-electron chi connectivity index (χ2n) is 9.18. The van der Waals surface area contributed by atoms with Gasteiger partial charge in [-0.1, -0.05) is 17.7 Å². The van der Waals surface area contributed by atoms with Crippen molar-refractivity contribution in [3.63, 3.8) is 0 Å². The molecule has 3 aromatic heterocycles. The van der Waals surface area contributed by atoms with E-state index in [1.807, 2.05) is 30.9 Å². The fourth-order valence-electron chi connectivity index (χ4n) is 4.73. The van der Waals surface area contributed by atoms with Gasteiger partial charge in [0.25, 0.3) is 0 Å². The average molecular weight is 479 g/mol. The van der Waals surface area contributed by atoms with Gasteiger partial charge in [0.2, 0.25) is 0 Å². The van der Waals surface area contributed by atoms with Gasteiger partial charge in [-0.2, -0.15) is 10.2 Å². The number of pyridine rings is 1. The third-order valence-corrected chi connectivity index (χ3v) is 6.88. The molecule has 9 heteroatoms. The number of nitrogens with two attached hydrogens (primary N) is 1. The minimum atomic E-state index is -0.475. The molecule has 1 aliphatic carbocycles. The maximum absolute atomic E-state index is 14.3. The van der Waals surface area contributed by atoms with E-state index < -0.39 is 6.10 Å². The number of hydrogen-bond acceptors (Lipinski definition) is 5. The Morgan fingerprint density at radius 2 is 2.03 bits per heavy atom. The molecule has 7 nitrogen and oxygen atoms in total. The van der Waals surface area contributed by atoms with Gasteiger partial charge in [-0.3, -0.25) is 9.36 Å². The van der Waals surface area contributed by atoms with Crippen LogP contribution in [-0.4, -0.2) is 24.5 Å². The van der Waals surface area contributed by atoms with Crippen LogP contribution in [0.2, 0.25) is 5.15 Å². The summed E-state index contributed by atoms with van der Waals surface area (Å²) in [5.41, 5.74) is 12.1. The minimum Gasteiger partial charge on any atom is -0.482 e. The Hall–Kier alpha value is -3.39. The predicted octanol–water partition coefficient (Wildman–Crippen LogP) is 5.17. The number of halogens is 2. The number of ether oxygens (including phenoxy) is 1. The first-order valence-electron chi connectivity index (χ1n) is 11.4. The van der Waals surface area contributed by atoms with Crippen molar-refractivity contribution >= 4 is 17.4 Å². The first-order chi connectivity index (χ1) is 16.4. The van der Waals surface area contributed by atoms with E-state index in [1.165, 1.54) is 25.0 Å². The molecule has 2 N–H and O–H groups in total. The maximum Gasteiger partial charge on any atom is 0.166 e. The summed E-state index contributed by atoms with van der Waals surface area (Å²) in [5, 5.41) is 9.87. The van der Waals surface area contributed by atoms with Gasteiger partial charge in [0.05, 0.1) is 11.4 Å². The molecule has 2 bridgehead atoms. The highest BCUT2D eigenvalue weighted by molar-refractivity contribution is 6.30. The van der Waals surface area contributed by atoms with E-state index in [2.05, 4.69) is 10.1 Å². The van der Waals surface area contributed by atoms with E-state index in [0.29, 0.717) is 28.8 Å². The quantitative estimate of drug-likeness (QED) is 0.429. The third kappa shape index (κ3) is 3.62. The van der Waals surface area contributed by atoms with Crippen LogP contribution in [0.25, 0.3) is 22.4 Å². The van der Waals surface area contributed by atoms with Crippen molar-refractivity contribution < 1.29 is 9.13 Å². The Morgan fingerprint density at radius 3 is 2.82 bits per heavy atom. The van der Waals surface area contributed by atoms with Crippen LogP contribution in [0, 0.1) is 11.7 Å². The molecule has 0 amide bonds. The van der Waals surface area contributed by atoms with Gasteiger partial charge in [-0.15, -0.1) is 0 Å². The van der Waals surface area contributed by atoms with Crippen LogP contribution in [-0.2, 0) is 20.0 Å². The van der Waals surface area contributed by atoms with Crippen LogP contribution in [0.1, 0.15) is 42.7 Å². The predicted molar refractivity (Wildman–Crippen MR) is 128 cm³/mol. The molecule has 1 saturated carbocycles. The lowest BCUT2D eigenvalue weighted by atomic mass is 9.94. The summed E-state index contributed by atoms with van der Waals surface area (Å²) in [6, 6.07) is 6.60. The van der Waals surface area contributed by atoms with Gasteiger partial charge < -0.3 is 10.5 Å². The zero-order chi connectivity index (χ0) is 23.6. The standard InChI is InChI=1S/C25H24ClFN6O/c1-13-18-8-16(27)5-6-17(18)20-12-32(2)30-21(20)9-19-23(15-7-22(34-13)25(28)29-10-15)33(31-24(19)26)11-14-3-4-14/h5-8,10,12-14H,3-4,9,11H2,1-2H3,(H2,28,29)/t13-/m1/s1. The Bertz CT molecular complexity index is 1420. The van der Waals surface area contributed by atoms with E-state index in [1.54, 1.807) is 16.9 Å². The SMILES string of the molecule is C[C@H]1Oc2cc(cnc2N)-c2c(c(Cl)nn2CC2CC2)Cc2nn(C)cc2-c2ccc(F)cc21. The normalized spacial score (nSPS) is 17.1. The highest BCUT2D eigenvalue weighted by Crippen LogP contribution is 2.41. The number of aromatic nitrogens is 5. The number of rotatable bonds is 2. The number of fused-ring (bicyclic) bond motifs is 7. The Kier molecular flexibility index (Phi) is 4.88. The van der Waals surface area contributed by atoms with Gasteiger partial charge in [-0.05, 0) is 49.4 Å². The summed E-state index contributed by atoms with van der Waals surface area (Å²) in [5.74, 6) is 0.978. The van der Waals surface area contributed by atoms with E-state index in [9.17, 15) is 4.39 Å². The lowest BCUT2D eigenvalue weighted by Crippen LogP contribution is -2.10. The summed E-state index contributed by atoms with van der Waals surface area (Å²) in [6.45, 7) is 2.68. The van der Waals surface area contributed by atoms with Crippen molar-refractivity contribution in [3.05, 3.63) is 64.5 Å². The van der Waals surface area contributed by atoms with Crippen molar-refractivity contribution in [1.29, 1.82) is 0 Å². The Labute approximate surface area is 201 Å². The molecule has 6 rings (SSSR count). The maximum atomic E-state index is 14.3. The van der Waals surface area contributed by atoms with Gasteiger partial charge in [-0.25, -0.2) is 9.37 Å². The van der Waals surface area contributed by atoms with Crippen molar-refractivity contribution in [3.8, 4) is 28.1 Å². The molecule has 1 aliphatic heterocycles. The fraction of sp³-hybridized carbons (Fsp3) is 0.320. The number of benzene rings is 1. The summed E-state index contributed by atoms with van der Waals surface area (Å²) >= 11 is 6.73. The van der Waals surface area contributed by atoms with Crippen molar-refractivity contribution in [2.45, 2.75) is 38.8 Å². The minimum absolute atomic E-state index is 0.272. The zero-order valence-corrected chi connectivity index (χ0v) is 19.7. The van der Waals surface area contributed by atoms with Crippen LogP contribution in [0.15, 0.2) is 36.7 Å². The Morgan fingerprint density at radius 1 is 1.21 bits per heavy atom. The van der Waals surface area contributed by atoms with Gasteiger partial charge in [0.1, 0.15) is 11.9 Å². The van der Waals surface area contributed by atoms with Crippen LogP contribution < -0.4 is 10.5 Å². The molecule has 0 saturated heterocycles. The zero-order valence-electron chi connectivity index (χ0n) is 18.9.